The van der Waals surface area contributed by atoms with Crippen LogP contribution < -0.4 is 15.4 Å². The van der Waals surface area contributed by atoms with E-state index >= 15 is 0 Å². The lowest BCUT2D eigenvalue weighted by molar-refractivity contribution is 0.223. The molecular formula is C21H28N2O2. The first kappa shape index (κ1) is 18.8. The van der Waals surface area contributed by atoms with Crippen LogP contribution in [0.4, 0.5) is 4.79 Å². The van der Waals surface area contributed by atoms with Gasteiger partial charge in [-0.25, -0.2) is 4.79 Å². The maximum atomic E-state index is 11.9. The van der Waals surface area contributed by atoms with Crippen molar-refractivity contribution in [2.75, 3.05) is 13.3 Å². The fraction of sp³-hybridized carbons (Fsp3) is 0.381. The van der Waals surface area contributed by atoms with Gasteiger partial charge in [-0.3, -0.25) is 0 Å². The van der Waals surface area contributed by atoms with E-state index in [0.717, 1.165) is 17.7 Å². The summed E-state index contributed by atoms with van der Waals surface area (Å²) in [6, 6.07) is 16.0. The number of hydrogen-bond acceptors (Lipinski definition) is 2. The molecule has 2 N–H and O–H groups in total. The third-order valence-electron chi connectivity index (χ3n) is 3.95. The molecule has 2 aromatic rings. The number of rotatable bonds is 6. The highest BCUT2D eigenvalue weighted by molar-refractivity contribution is 5.73. The molecule has 0 spiro atoms. The Kier molecular flexibility index (Phi) is 6.45. The summed E-state index contributed by atoms with van der Waals surface area (Å²) in [4.78, 5) is 11.9. The van der Waals surface area contributed by atoms with E-state index in [4.69, 9.17) is 4.74 Å². The average molecular weight is 340 g/mol. The molecule has 0 aliphatic carbocycles. The SMILES string of the molecule is Cc1ccc(OCNC(=O)NCCc2ccccc2)c(C(C)(C)C)c1. The summed E-state index contributed by atoms with van der Waals surface area (Å²) in [5.41, 5.74) is 3.52. The van der Waals surface area contributed by atoms with E-state index in [-0.39, 0.29) is 18.2 Å². The molecule has 2 aromatic carbocycles. The maximum Gasteiger partial charge on any atom is 0.317 e. The molecule has 0 heterocycles. The van der Waals surface area contributed by atoms with E-state index in [2.05, 4.69) is 44.4 Å². The van der Waals surface area contributed by atoms with Crippen LogP contribution in [0, 0.1) is 6.92 Å². The van der Waals surface area contributed by atoms with Crippen LogP contribution in [0.3, 0.4) is 0 Å². The van der Waals surface area contributed by atoms with E-state index < -0.39 is 0 Å². The highest BCUT2D eigenvalue weighted by atomic mass is 16.5. The number of carbonyl (C=O) groups excluding carboxylic acids is 1. The number of urea groups is 1. The van der Waals surface area contributed by atoms with Crippen LogP contribution in [0.2, 0.25) is 0 Å². The molecule has 0 bridgehead atoms. The molecular weight excluding hydrogens is 312 g/mol. The van der Waals surface area contributed by atoms with Crippen LogP contribution in [0.1, 0.15) is 37.5 Å². The Hall–Kier alpha value is -2.49. The number of hydrogen-bond donors (Lipinski definition) is 2. The first-order valence-corrected chi connectivity index (χ1v) is 8.66. The summed E-state index contributed by atoms with van der Waals surface area (Å²) < 4.78 is 5.78. The molecule has 4 heteroatoms. The first-order valence-electron chi connectivity index (χ1n) is 8.66. The second-order valence-electron chi connectivity index (χ2n) is 7.21. The molecule has 25 heavy (non-hydrogen) atoms. The first-order chi connectivity index (χ1) is 11.9. The van der Waals surface area contributed by atoms with Crippen LogP contribution in [-0.4, -0.2) is 19.3 Å². The Balaban J connectivity index is 1.78. The molecule has 4 nitrogen and oxygen atoms in total. The van der Waals surface area contributed by atoms with Gasteiger partial charge < -0.3 is 15.4 Å². The quantitative estimate of drug-likeness (QED) is 0.776. The molecule has 0 atom stereocenters. The highest BCUT2D eigenvalue weighted by Crippen LogP contribution is 2.31. The summed E-state index contributed by atoms with van der Waals surface area (Å²) in [6.07, 6.45) is 0.807. The summed E-state index contributed by atoms with van der Waals surface area (Å²) in [7, 11) is 0. The fourth-order valence-electron chi connectivity index (χ4n) is 2.56. The van der Waals surface area contributed by atoms with Gasteiger partial charge in [-0.1, -0.05) is 68.8 Å². The van der Waals surface area contributed by atoms with E-state index in [1.165, 1.54) is 11.1 Å². The summed E-state index contributed by atoms with van der Waals surface area (Å²) in [5.74, 6) is 0.808. The Morgan fingerprint density at radius 3 is 2.44 bits per heavy atom. The van der Waals surface area contributed by atoms with Gasteiger partial charge in [-0.2, -0.15) is 0 Å². The predicted molar refractivity (Wildman–Crippen MR) is 102 cm³/mol. The highest BCUT2D eigenvalue weighted by Gasteiger charge is 2.19. The minimum Gasteiger partial charge on any atom is -0.473 e. The van der Waals surface area contributed by atoms with Crippen LogP contribution >= 0.6 is 0 Å². The Labute approximate surface area is 150 Å². The molecule has 0 aliphatic rings. The second-order valence-corrected chi connectivity index (χ2v) is 7.21. The van der Waals surface area contributed by atoms with E-state index in [1.807, 2.05) is 42.5 Å². The molecule has 0 aliphatic heterocycles. The van der Waals surface area contributed by atoms with Crippen molar-refractivity contribution < 1.29 is 9.53 Å². The fourth-order valence-corrected chi connectivity index (χ4v) is 2.56. The lowest BCUT2D eigenvalue weighted by Crippen LogP contribution is -2.38. The van der Waals surface area contributed by atoms with Gasteiger partial charge in [0.05, 0.1) is 0 Å². The van der Waals surface area contributed by atoms with Crippen molar-refractivity contribution in [2.45, 2.75) is 39.5 Å². The third-order valence-corrected chi connectivity index (χ3v) is 3.95. The predicted octanol–water partition coefficient (Wildman–Crippen LogP) is 4.17. The Morgan fingerprint density at radius 1 is 1.04 bits per heavy atom. The topological polar surface area (TPSA) is 50.4 Å². The van der Waals surface area contributed by atoms with Gasteiger partial charge in [0.1, 0.15) is 5.75 Å². The van der Waals surface area contributed by atoms with Crippen molar-refractivity contribution >= 4 is 6.03 Å². The largest absolute Gasteiger partial charge is 0.473 e. The molecule has 2 amide bonds. The summed E-state index contributed by atoms with van der Waals surface area (Å²) in [6.45, 7) is 9.25. The van der Waals surface area contributed by atoms with Crippen molar-refractivity contribution in [2.24, 2.45) is 0 Å². The number of carbonyl (C=O) groups is 1. The van der Waals surface area contributed by atoms with E-state index in [1.54, 1.807) is 0 Å². The van der Waals surface area contributed by atoms with Crippen molar-refractivity contribution in [3.05, 3.63) is 65.2 Å². The molecule has 0 saturated carbocycles. The van der Waals surface area contributed by atoms with Gasteiger partial charge >= 0.3 is 6.03 Å². The van der Waals surface area contributed by atoms with Gasteiger partial charge in [0.2, 0.25) is 0 Å². The maximum absolute atomic E-state index is 11.9. The van der Waals surface area contributed by atoms with Gasteiger partial charge in [0.15, 0.2) is 6.73 Å². The van der Waals surface area contributed by atoms with E-state index in [9.17, 15) is 4.79 Å². The van der Waals surface area contributed by atoms with Crippen molar-refractivity contribution in [1.29, 1.82) is 0 Å². The van der Waals surface area contributed by atoms with Crippen LogP contribution in [-0.2, 0) is 11.8 Å². The van der Waals surface area contributed by atoms with Gasteiger partial charge in [-0.05, 0) is 36.0 Å². The molecule has 134 valence electrons. The molecule has 0 aromatic heterocycles. The smallest absolute Gasteiger partial charge is 0.317 e. The van der Waals surface area contributed by atoms with Gasteiger partial charge in [0, 0.05) is 6.54 Å². The number of amides is 2. The normalized spacial score (nSPS) is 11.0. The summed E-state index contributed by atoms with van der Waals surface area (Å²) in [5, 5.41) is 5.58. The zero-order valence-electron chi connectivity index (χ0n) is 15.6. The third kappa shape index (κ3) is 6.14. The molecule has 0 radical (unpaired) electrons. The Bertz CT molecular complexity index is 691. The standard InChI is InChI=1S/C21H28N2O2/c1-16-10-11-19(18(14-16)21(2,3)4)25-15-23-20(24)22-13-12-17-8-6-5-7-9-17/h5-11,14H,12-13,15H2,1-4H3,(H2,22,23,24). The minimum absolute atomic E-state index is 0.0146. The summed E-state index contributed by atoms with van der Waals surface area (Å²) >= 11 is 0. The van der Waals surface area contributed by atoms with Crippen LogP contribution in [0.25, 0.3) is 0 Å². The van der Waals surface area contributed by atoms with E-state index in [0.29, 0.717) is 6.54 Å². The lowest BCUT2D eigenvalue weighted by Gasteiger charge is -2.23. The van der Waals surface area contributed by atoms with Gasteiger partial charge in [-0.15, -0.1) is 0 Å². The number of benzene rings is 2. The molecule has 2 rings (SSSR count). The molecule has 0 saturated heterocycles. The average Bonchev–Trinajstić information content (AvgIpc) is 2.56. The minimum atomic E-state index is -0.222. The zero-order chi connectivity index (χ0) is 18.3. The number of aryl methyl sites for hydroxylation is 1. The van der Waals surface area contributed by atoms with Crippen LogP contribution in [0.15, 0.2) is 48.5 Å². The molecule has 0 unspecified atom stereocenters. The van der Waals surface area contributed by atoms with Crippen molar-refractivity contribution in [3.8, 4) is 5.75 Å². The van der Waals surface area contributed by atoms with Crippen LogP contribution in [0.5, 0.6) is 5.75 Å². The lowest BCUT2D eigenvalue weighted by atomic mass is 9.85. The van der Waals surface area contributed by atoms with Gasteiger partial charge in [0.25, 0.3) is 0 Å². The monoisotopic (exact) mass is 340 g/mol. The molecule has 0 fully saturated rings. The zero-order valence-corrected chi connectivity index (χ0v) is 15.6. The van der Waals surface area contributed by atoms with Crippen molar-refractivity contribution in [1.82, 2.24) is 10.6 Å². The number of ether oxygens (including phenoxy) is 1. The second kappa shape index (κ2) is 8.56. The van der Waals surface area contributed by atoms with Crippen molar-refractivity contribution in [3.63, 3.8) is 0 Å². The Morgan fingerprint density at radius 2 is 1.76 bits per heavy atom. The number of nitrogens with one attached hydrogen (secondary N) is 2.